The lowest BCUT2D eigenvalue weighted by Gasteiger charge is -2.33. The molecule has 1 atom stereocenters. The van der Waals surface area contributed by atoms with Gasteiger partial charge in [-0.15, -0.1) is 0 Å². The van der Waals surface area contributed by atoms with Crippen molar-refractivity contribution in [3.05, 3.63) is 24.3 Å². The van der Waals surface area contributed by atoms with E-state index < -0.39 is 0 Å². The van der Waals surface area contributed by atoms with E-state index in [1.54, 1.807) is 7.11 Å². The summed E-state index contributed by atoms with van der Waals surface area (Å²) in [6, 6.07) is 8.12. The number of hydrogen-bond acceptors (Lipinski definition) is 3. The van der Waals surface area contributed by atoms with Crippen molar-refractivity contribution in [1.29, 1.82) is 0 Å². The van der Waals surface area contributed by atoms with E-state index in [0.29, 0.717) is 5.92 Å². The van der Waals surface area contributed by atoms with Crippen LogP contribution in [0.1, 0.15) is 20.3 Å². The summed E-state index contributed by atoms with van der Waals surface area (Å²) in [7, 11) is 1.69. The summed E-state index contributed by atoms with van der Waals surface area (Å²) in [5.74, 6) is 1.25. The predicted molar refractivity (Wildman–Crippen MR) is 69.6 cm³/mol. The summed E-state index contributed by atoms with van der Waals surface area (Å²) in [6.07, 6.45) is 1.03. The van der Waals surface area contributed by atoms with Crippen molar-refractivity contribution in [1.82, 2.24) is 0 Å². The third-order valence-corrected chi connectivity index (χ3v) is 3.58. The van der Waals surface area contributed by atoms with Crippen LogP contribution in [0.2, 0.25) is 0 Å². The molecule has 1 aliphatic heterocycles. The molecule has 1 aromatic carbocycles. The van der Waals surface area contributed by atoms with Crippen LogP contribution in [-0.4, -0.2) is 30.9 Å². The minimum atomic E-state index is 0.0970. The Kier molecular flexibility index (Phi) is 3.29. The van der Waals surface area contributed by atoms with Crippen molar-refractivity contribution in [2.45, 2.75) is 25.8 Å². The monoisotopic (exact) mass is 235 g/mol. The van der Waals surface area contributed by atoms with Gasteiger partial charge in [-0.25, -0.2) is 0 Å². The molecule has 1 unspecified atom stereocenters. The van der Waals surface area contributed by atoms with Crippen molar-refractivity contribution in [3.8, 4) is 5.75 Å². The quantitative estimate of drug-likeness (QED) is 0.872. The van der Waals surface area contributed by atoms with Gasteiger partial charge in [-0.2, -0.15) is 0 Å². The average molecular weight is 235 g/mol. The second kappa shape index (κ2) is 4.57. The Balaban J connectivity index is 2.26. The maximum atomic E-state index is 9.31. The fourth-order valence-electron chi connectivity index (χ4n) is 2.74. The lowest BCUT2D eigenvalue weighted by Crippen LogP contribution is -2.38. The van der Waals surface area contributed by atoms with Crippen molar-refractivity contribution in [2.24, 2.45) is 5.92 Å². The van der Waals surface area contributed by atoms with E-state index >= 15 is 0 Å². The zero-order valence-electron chi connectivity index (χ0n) is 10.8. The molecular formula is C14H21NO2. The number of anilines is 1. The van der Waals surface area contributed by atoms with Gasteiger partial charge in [-0.1, -0.05) is 6.07 Å². The standard InChI is InChI=1S/C14H21NO2/c1-14(2)8-11(10-16)9-15(14)12-5-4-6-13(7-12)17-3/h4-7,11,16H,8-10H2,1-3H3. The van der Waals surface area contributed by atoms with Crippen LogP contribution in [0.5, 0.6) is 5.75 Å². The van der Waals surface area contributed by atoms with Gasteiger partial charge in [0.05, 0.1) is 7.11 Å². The molecule has 94 valence electrons. The number of benzene rings is 1. The summed E-state index contributed by atoms with van der Waals surface area (Å²) in [4.78, 5) is 2.36. The number of nitrogens with zero attached hydrogens (tertiary/aromatic N) is 1. The van der Waals surface area contributed by atoms with Crippen LogP contribution in [-0.2, 0) is 0 Å². The third-order valence-electron chi connectivity index (χ3n) is 3.58. The van der Waals surface area contributed by atoms with Crippen LogP contribution in [0.25, 0.3) is 0 Å². The van der Waals surface area contributed by atoms with Crippen molar-refractivity contribution in [2.75, 3.05) is 25.2 Å². The second-order valence-electron chi connectivity index (χ2n) is 5.38. The van der Waals surface area contributed by atoms with Crippen LogP contribution in [0, 0.1) is 5.92 Å². The fraction of sp³-hybridized carbons (Fsp3) is 0.571. The van der Waals surface area contributed by atoms with Crippen LogP contribution in [0.15, 0.2) is 24.3 Å². The zero-order chi connectivity index (χ0) is 12.5. The molecule has 17 heavy (non-hydrogen) atoms. The number of aliphatic hydroxyl groups excluding tert-OH is 1. The van der Waals surface area contributed by atoms with Gasteiger partial charge >= 0.3 is 0 Å². The molecule has 3 heteroatoms. The maximum Gasteiger partial charge on any atom is 0.120 e. The van der Waals surface area contributed by atoms with Crippen molar-refractivity contribution >= 4 is 5.69 Å². The van der Waals surface area contributed by atoms with Gasteiger partial charge in [0, 0.05) is 36.4 Å². The molecule has 1 heterocycles. The summed E-state index contributed by atoms with van der Waals surface area (Å²) in [5.41, 5.74) is 1.27. The van der Waals surface area contributed by atoms with Gasteiger partial charge < -0.3 is 14.7 Å². The Hall–Kier alpha value is -1.22. The lowest BCUT2D eigenvalue weighted by atomic mass is 9.97. The number of ether oxygens (including phenoxy) is 1. The van der Waals surface area contributed by atoms with Crippen LogP contribution in [0.4, 0.5) is 5.69 Å². The molecule has 3 nitrogen and oxygen atoms in total. The van der Waals surface area contributed by atoms with Crippen LogP contribution < -0.4 is 9.64 Å². The second-order valence-corrected chi connectivity index (χ2v) is 5.38. The lowest BCUT2D eigenvalue weighted by molar-refractivity contribution is 0.232. The maximum absolute atomic E-state index is 9.31. The molecule has 1 fully saturated rings. The van der Waals surface area contributed by atoms with Crippen LogP contribution in [0.3, 0.4) is 0 Å². The first-order valence-electron chi connectivity index (χ1n) is 6.09. The molecule has 1 aliphatic rings. The van der Waals surface area contributed by atoms with E-state index in [-0.39, 0.29) is 12.1 Å². The van der Waals surface area contributed by atoms with E-state index in [1.807, 2.05) is 12.1 Å². The van der Waals surface area contributed by atoms with Gasteiger partial charge in [0.15, 0.2) is 0 Å². The smallest absolute Gasteiger partial charge is 0.120 e. The largest absolute Gasteiger partial charge is 0.497 e. The third kappa shape index (κ3) is 2.39. The highest BCUT2D eigenvalue weighted by Gasteiger charge is 2.38. The number of hydrogen-bond donors (Lipinski definition) is 1. The molecular weight excluding hydrogens is 214 g/mol. The molecule has 1 saturated heterocycles. The first kappa shape index (κ1) is 12.2. The fourth-order valence-corrected chi connectivity index (χ4v) is 2.74. The van der Waals surface area contributed by atoms with E-state index in [2.05, 4.69) is 30.9 Å². The van der Waals surface area contributed by atoms with Gasteiger partial charge in [0.25, 0.3) is 0 Å². The molecule has 1 aromatic rings. The van der Waals surface area contributed by atoms with E-state index in [4.69, 9.17) is 4.74 Å². The average Bonchev–Trinajstić information content (AvgIpc) is 2.64. The molecule has 0 spiro atoms. The Labute approximate surface area is 103 Å². The Morgan fingerprint density at radius 3 is 2.82 bits per heavy atom. The number of rotatable bonds is 3. The van der Waals surface area contributed by atoms with Crippen molar-refractivity contribution < 1.29 is 9.84 Å². The minimum absolute atomic E-state index is 0.0970. The Morgan fingerprint density at radius 2 is 2.24 bits per heavy atom. The van der Waals surface area contributed by atoms with Crippen molar-refractivity contribution in [3.63, 3.8) is 0 Å². The first-order chi connectivity index (χ1) is 8.06. The van der Waals surface area contributed by atoms with Gasteiger partial charge in [0.2, 0.25) is 0 Å². The molecule has 2 rings (SSSR count). The van der Waals surface area contributed by atoms with E-state index in [0.717, 1.165) is 18.7 Å². The van der Waals surface area contributed by atoms with Gasteiger partial charge in [0.1, 0.15) is 5.75 Å². The highest BCUT2D eigenvalue weighted by Crippen LogP contribution is 2.37. The Morgan fingerprint density at radius 1 is 1.47 bits per heavy atom. The molecule has 1 N–H and O–H groups in total. The number of aliphatic hydroxyl groups is 1. The highest BCUT2D eigenvalue weighted by molar-refractivity contribution is 5.53. The van der Waals surface area contributed by atoms with E-state index in [9.17, 15) is 5.11 Å². The number of methoxy groups -OCH3 is 1. The SMILES string of the molecule is COc1cccc(N2CC(CO)CC2(C)C)c1. The van der Waals surface area contributed by atoms with E-state index in [1.165, 1.54) is 5.69 Å². The molecule has 0 aromatic heterocycles. The molecule has 0 aliphatic carbocycles. The highest BCUT2D eigenvalue weighted by atomic mass is 16.5. The molecule has 0 amide bonds. The predicted octanol–water partition coefficient (Wildman–Crippen LogP) is 2.29. The summed E-state index contributed by atoms with van der Waals surface area (Å²) < 4.78 is 5.26. The molecule has 0 bridgehead atoms. The topological polar surface area (TPSA) is 32.7 Å². The summed E-state index contributed by atoms with van der Waals surface area (Å²) >= 11 is 0. The molecule has 0 saturated carbocycles. The first-order valence-corrected chi connectivity index (χ1v) is 6.09. The zero-order valence-corrected chi connectivity index (χ0v) is 10.8. The molecule has 0 radical (unpaired) electrons. The van der Waals surface area contributed by atoms with Crippen LogP contribution >= 0.6 is 0 Å². The minimum Gasteiger partial charge on any atom is -0.497 e. The summed E-state index contributed by atoms with van der Waals surface area (Å²) in [6.45, 7) is 5.63. The summed E-state index contributed by atoms with van der Waals surface area (Å²) in [5, 5.41) is 9.31. The van der Waals surface area contributed by atoms with Gasteiger partial charge in [-0.05, 0) is 32.4 Å². The Bertz CT molecular complexity index is 390. The van der Waals surface area contributed by atoms with Gasteiger partial charge in [-0.3, -0.25) is 0 Å². The normalized spacial score (nSPS) is 22.8.